The summed E-state index contributed by atoms with van der Waals surface area (Å²) in [7, 11) is 0. The van der Waals surface area contributed by atoms with Crippen LogP contribution in [0, 0.1) is 13.8 Å². The average molecular weight is 227 g/mol. The number of aliphatic imine (C=N–C) groups is 1. The van der Waals surface area contributed by atoms with Gasteiger partial charge in [-0.25, -0.2) is 0 Å². The SMILES string of the molecule is C=C/C(=C\CC)C/C=N\c1ccc(C)cc1C. The molecule has 0 unspecified atom stereocenters. The van der Waals surface area contributed by atoms with Gasteiger partial charge in [0, 0.05) is 12.6 Å². The summed E-state index contributed by atoms with van der Waals surface area (Å²) in [5.74, 6) is 0. The molecule has 0 aliphatic heterocycles. The molecule has 0 aromatic heterocycles. The molecule has 0 saturated carbocycles. The number of nitrogens with zero attached hydrogens (tertiary/aromatic N) is 1. The predicted molar refractivity (Wildman–Crippen MR) is 77.3 cm³/mol. The van der Waals surface area contributed by atoms with Crippen molar-refractivity contribution in [2.75, 3.05) is 0 Å². The normalized spacial score (nSPS) is 12.1. The first-order valence-corrected chi connectivity index (χ1v) is 6.08. The van der Waals surface area contributed by atoms with Crippen LogP contribution in [0.2, 0.25) is 0 Å². The lowest BCUT2D eigenvalue weighted by Crippen LogP contribution is -1.82. The van der Waals surface area contributed by atoms with E-state index in [1.807, 2.05) is 12.3 Å². The fraction of sp³-hybridized carbons (Fsp3) is 0.312. The lowest BCUT2D eigenvalue weighted by Gasteiger charge is -2.01. The van der Waals surface area contributed by atoms with Gasteiger partial charge in [0.05, 0.1) is 5.69 Å². The Morgan fingerprint density at radius 1 is 1.35 bits per heavy atom. The zero-order valence-corrected chi connectivity index (χ0v) is 11.0. The second-order valence-corrected chi connectivity index (χ2v) is 4.20. The number of allylic oxidation sites excluding steroid dienone is 3. The molecule has 0 spiro atoms. The maximum atomic E-state index is 4.50. The highest BCUT2D eigenvalue weighted by molar-refractivity contribution is 5.68. The van der Waals surface area contributed by atoms with Crippen molar-refractivity contribution in [1.29, 1.82) is 0 Å². The van der Waals surface area contributed by atoms with E-state index in [-0.39, 0.29) is 0 Å². The minimum Gasteiger partial charge on any atom is -0.261 e. The summed E-state index contributed by atoms with van der Waals surface area (Å²) in [6.45, 7) is 10.1. The van der Waals surface area contributed by atoms with Crippen molar-refractivity contribution in [3.05, 3.63) is 53.6 Å². The van der Waals surface area contributed by atoms with Crippen LogP contribution in [-0.2, 0) is 0 Å². The van der Waals surface area contributed by atoms with Crippen LogP contribution in [0.4, 0.5) is 5.69 Å². The smallest absolute Gasteiger partial charge is 0.0655 e. The van der Waals surface area contributed by atoms with E-state index in [2.05, 4.69) is 56.6 Å². The van der Waals surface area contributed by atoms with Gasteiger partial charge in [-0.1, -0.05) is 43.4 Å². The average Bonchev–Trinajstić information content (AvgIpc) is 2.30. The van der Waals surface area contributed by atoms with Crippen molar-refractivity contribution in [2.24, 2.45) is 4.99 Å². The third-order valence-corrected chi connectivity index (χ3v) is 2.64. The molecule has 0 bridgehead atoms. The molecule has 0 N–H and O–H groups in total. The molecule has 1 aromatic carbocycles. The van der Waals surface area contributed by atoms with Gasteiger partial charge in [0.25, 0.3) is 0 Å². The van der Waals surface area contributed by atoms with Gasteiger partial charge in [-0.3, -0.25) is 4.99 Å². The Hall–Kier alpha value is -1.63. The van der Waals surface area contributed by atoms with Crippen molar-refractivity contribution in [2.45, 2.75) is 33.6 Å². The van der Waals surface area contributed by atoms with Crippen molar-refractivity contribution in [1.82, 2.24) is 0 Å². The van der Waals surface area contributed by atoms with Crippen molar-refractivity contribution >= 4 is 11.9 Å². The van der Waals surface area contributed by atoms with Crippen molar-refractivity contribution in [3.63, 3.8) is 0 Å². The Kier molecular flexibility index (Phi) is 5.41. The molecule has 0 fully saturated rings. The summed E-state index contributed by atoms with van der Waals surface area (Å²) in [5, 5.41) is 0. The van der Waals surface area contributed by atoms with Gasteiger partial charge >= 0.3 is 0 Å². The predicted octanol–water partition coefficient (Wildman–Crippen LogP) is 4.92. The van der Waals surface area contributed by atoms with Gasteiger partial charge in [0.15, 0.2) is 0 Å². The molecule has 0 aliphatic rings. The largest absolute Gasteiger partial charge is 0.261 e. The number of hydrogen-bond acceptors (Lipinski definition) is 1. The quantitative estimate of drug-likeness (QED) is 0.500. The van der Waals surface area contributed by atoms with Gasteiger partial charge in [-0.15, -0.1) is 0 Å². The van der Waals surface area contributed by atoms with Gasteiger partial charge in [-0.2, -0.15) is 0 Å². The molecule has 0 aliphatic carbocycles. The maximum absolute atomic E-state index is 4.50. The summed E-state index contributed by atoms with van der Waals surface area (Å²) in [4.78, 5) is 4.50. The highest BCUT2D eigenvalue weighted by Crippen LogP contribution is 2.19. The second-order valence-electron chi connectivity index (χ2n) is 4.20. The standard InChI is InChI=1S/C16H21N/c1-5-7-15(6-2)10-11-17-16-9-8-13(3)12-14(16)4/h6-9,11-12H,2,5,10H2,1,3-4H3/b15-7+,17-11-. The molecule has 90 valence electrons. The molecule has 1 heteroatoms. The van der Waals surface area contributed by atoms with E-state index in [4.69, 9.17) is 0 Å². The lowest BCUT2D eigenvalue weighted by atomic mass is 10.1. The summed E-state index contributed by atoms with van der Waals surface area (Å²) in [6.07, 6.45) is 7.93. The van der Waals surface area contributed by atoms with Crippen molar-refractivity contribution < 1.29 is 0 Å². The molecule has 0 radical (unpaired) electrons. The van der Waals surface area contributed by atoms with Crippen LogP contribution in [0.25, 0.3) is 0 Å². The van der Waals surface area contributed by atoms with Gasteiger partial charge in [0.2, 0.25) is 0 Å². The molecule has 0 heterocycles. The van der Waals surface area contributed by atoms with Crippen LogP contribution in [0.3, 0.4) is 0 Å². The maximum Gasteiger partial charge on any atom is 0.0655 e. The fourth-order valence-electron chi connectivity index (χ4n) is 1.71. The summed E-state index contributed by atoms with van der Waals surface area (Å²) in [5.41, 5.74) is 4.79. The van der Waals surface area contributed by atoms with Crippen molar-refractivity contribution in [3.8, 4) is 0 Å². The molecule has 0 saturated heterocycles. The molecule has 1 rings (SSSR count). The fourth-order valence-corrected chi connectivity index (χ4v) is 1.71. The highest BCUT2D eigenvalue weighted by Gasteiger charge is 1.95. The first-order chi connectivity index (χ1) is 8.17. The van der Waals surface area contributed by atoms with Crippen LogP contribution < -0.4 is 0 Å². The Balaban J connectivity index is 2.71. The van der Waals surface area contributed by atoms with E-state index in [1.54, 1.807) is 0 Å². The third kappa shape index (κ3) is 4.39. The summed E-state index contributed by atoms with van der Waals surface area (Å²) >= 11 is 0. The van der Waals surface area contributed by atoms with Gasteiger partial charge in [-0.05, 0) is 37.5 Å². The zero-order valence-electron chi connectivity index (χ0n) is 11.0. The minimum atomic E-state index is 0.852. The molecule has 1 nitrogen and oxygen atoms in total. The summed E-state index contributed by atoms with van der Waals surface area (Å²) < 4.78 is 0. The lowest BCUT2D eigenvalue weighted by molar-refractivity contribution is 1.18. The summed E-state index contributed by atoms with van der Waals surface area (Å²) in [6, 6.07) is 6.32. The molecule has 0 amide bonds. The monoisotopic (exact) mass is 227 g/mol. The Labute approximate surface area is 105 Å². The first kappa shape index (κ1) is 13.4. The molecular formula is C16H21N. The third-order valence-electron chi connectivity index (χ3n) is 2.64. The van der Waals surface area contributed by atoms with Gasteiger partial charge in [0.1, 0.15) is 0 Å². The number of rotatable bonds is 5. The van der Waals surface area contributed by atoms with E-state index in [9.17, 15) is 0 Å². The van der Waals surface area contributed by atoms with Crippen LogP contribution >= 0.6 is 0 Å². The van der Waals surface area contributed by atoms with Crippen LogP contribution in [0.15, 0.2) is 47.5 Å². The second kappa shape index (κ2) is 6.85. The highest BCUT2D eigenvalue weighted by atomic mass is 14.7. The van der Waals surface area contributed by atoms with E-state index in [0.717, 1.165) is 18.5 Å². The Bertz CT molecular complexity index is 439. The van der Waals surface area contributed by atoms with Crippen LogP contribution in [-0.4, -0.2) is 6.21 Å². The van der Waals surface area contributed by atoms with Crippen LogP contribution in [0.5, 0.6) is 0 Å². The Morgan fingerprint density at radius 2 is 2.12 bits per heavy atom. The number of hydrogen-bond donors (Lipinski definition) is 0. The van der Waals surface area contributed by atoms with E-state index in [0.29, 0.717) is 0 Å². The zero-order chi connectivity index (χ0) is 12.7. The van der Waals surface area contributed by atoms with E-state index >= 15 is 0 Å². The number of benzene rings is 1. The molecule has 17 heavy (non-hydrogen) atoms. The molecule has 0 atom stereocenters. The Morgan fingerprint density at radius 3 is 2.71 bits per heavy atom. The van der Waals surface area contributed by atoms with E-state index < -0.39 is 0 Å². The number of aryl methyl sites for hydroxylation is 2. The first-order valence-electron chi connectivity index (χ1n) is 6.08. The molecular weight excluding hydrogens is 206 g/mol. The van der Waals surface area contributed by atoms with Gasteiger partial charge < -0.3 is 0 Å². The molecule has 1 aromatic rings. The minimum absolute atomic E-state index is 0.852. The topological polar surface area (TPSA) is 12.4 Å². The van der Waals surface area contributed by atoms with Crippen LogP contribution in [0.1, 0.15) is 30.9 Å². The van der Waals surface area contributed by atoms with E-state index in [1.165, 1.54) is 16.7 Å².